The molecule has 3 rings (SSSR count). The Kier molecular flexibility index (Phi) is 5.03. The first-order valence-corrected chi connectivity index (χ1v) is 8.31. The van der Waals surface area contributed by atoms with Crippen LogP contribution in [0, 0.1) is 5.82 Å². The molecule has 0 bridgehead atoms. The van der Waals surface area contributed by atoms with Crippen molar-refractivity contribution in [2.24, 2.45) is 5.16 Å². The first kappa shape index (κ1) is 17.4. The van der Waals surface area contributed by atoms with Gasteiger partial charge < -0.3 is 9.74 Å². The molecule has 0 N–H and O–H groups in total. The molecule has 0 spiro atoms. The highest BCUT2D eigenvalue weighted by Crippen LogP contribution is 2.21. The number of hydrogen-bond acceptors (Lipinski definition) is 4. The molecule has 1 unspecified atom stereocenters. The number of hydrogen-bond donors (Lipinski definition) is 0. The summed E-state index contributed by atoms with van der Waals surface area (Å²) in [6.45, 7) is 2.95. The van der Waals surface area contributed by atoms with Crippen LogP contribution in [0.25, 0.3) is 0 Å². The van der Waals surface area contributed by atoms with E-state index in [1.54, 1.807) is 35.0 Å². The first-order valence-electron chi connectivity index (χ1n) is 7.93. The standard InChI is InChI=1S/C17H18ClFN4O2/c1-3-23-15(13(18)9-20-23)10-22(2)17(24)16-8-14(21-25-16)11-4-6-12(19)7-5-11/h4-7,9,16H,3,8,10H2,1-2H3. The molecule has 0 fully saturated rings. The van der Waals surface area contributed by atoms with Crippen LogP contribution in [0.5, 0.6) is 0 Å². The number of oxime groups is 1. The minimum Gasteiger partial charge on any atom is -0.382 e. The number of nitrogens with zero attached hydrogens (tertiary/aromatic N) is 4. The van der Waals surface area contributed by atoms with Gasteiger partial charge in [0.2, 0.25) is 6.10 Å². The summed E-state index contributed by atoms with van der Waals surface area (Å²) in [7, 11) is 1.69. The molecule has 132 valence electrons. The van der Waals surface area contributed by atoms with Crippen molar-refractivity contribution < 1.29 is 14.0 Å². The molecule has 0 aliphatic carbocycles. The lowest BCUT2D eigenvalue weighted by molar-refractivity contribution is -0.141. The molecule has 0 radical (unpaired) electrons. The van der Waals surface area contributed by atoms with E-state index >= 15 is 0 Å². The number of aryl methyl sites for hydroxylation is 1. The lowest BCUT2D eigenvalue weighted by atomic mass is 10.0. The van der Waals surface area contributed by atoms with Crippen molar-refractivity contribution in [3.05, 3.63) is 52.6 Å². The minimum atomic E-state index is -0.693. The Morgan fingerprint density at radius 3 is 2.84 bits per heavy atom. The molecule has 6 nitrogen and oxygen atoms in total. The number of aromatic nitrogens is 2. The van der Waals surface area contributed by atoms with Crippen LogP contribution in [0.15, 0.2) is 35.6 Å². The van der Waals surface area contributed by atoms with Crippen LogP contribution in [-0.4, -0.2) is 39.5 Å². The zero-order valence-electron chi connectivity index (χ0n) is 13.9. The van der Waals surface area contributed by atoms with E-state index in [1.165, 1.54) is 12.1 Å². The normalized spacial score (nSPS) is 16.5. The summed E-state index contributed by atoms with van der Waals surface area (Å²) < 4.78 is 14.8. The molecular formula is C17H18ClFN4O2. The Hall–Kier alpha value is -2.41. The van der Waals surface area contributed by atoms with E-state index in [0.29, 0.717) is 30.2 Å². The number of halogens is 2. The van der Waals surface area contributed by atoms with Gasteiger partial charge in [-0.15, -0.1) is 0 Å². The number of carbonyl (C=O) groups excluding carboxylic acids is 1. The van der Waals surface area contributed by atoms with Crippen LogP contribution in [0.4, 0.5) is 4.39 Å². The Morgan fingerprint density at radius 1 is 1.44 bits per heavy atom. The second-order valence-corrected chi connectivity index (χ2v) is 6.20. The van der Waals surface area contributed by atoms with E-state index in [0.717, 1.165) is 11.3 Å². The van der Waals surface area contributed by atoms with Crippen LogP contribution in [0.3, 0.4) is 0 Å². The van der Waals surface area contributed by atoms with Crippen molar-refractivity contribution in [3.8, 4) is 0 Å². The topological polar surface area (TPSA) is 59.7 Å². The Bertz CT molecular complexity index is 803. The predicted molar refractivity (Wildman–Crippen MR) is 91.8 cm³/mol. The molecular weight excluding hydrogens is 347 g/mol. The van der Waals surface area contributed by atoms with E-state index in [1.807, 2.05) is 6.92 Å². The molecule has 1 aliphatic rings. The van der Waals surface area contributed by atoms with Gasteiger partial charge in [-0.3, -0.25) is 9.48 Å². The Labute approximate surface area is 149 Å². The van der Waals surface area contributed by atoms with Crippen molar-refractivity contribution in [1.82, 2.24) is 14.7 Å². The van der Waals surface area contributed by atoms with Gasteiger partial charge in [-0.05, 0) is 24.6 Å². The summed E-state index contributed by atoms with van der Waals surface area (Å²) in [5.41, 5.74) is 2.15. The lowest BCUT2D eigenvalue weighted by Crippen LogP contribution is -2.36. The molecule has 1 aliphatic heterocycles. The van der Waals surface area contributed by atoms with Gasteiger partial charge in [-0.1, -0.05) is 28.9 Å². The molecule has 1 atom stereocenters. The van der Waals surface area contributed by atoms with Crippen LogP contribution in [0.1, 0.15) is 24.6 Å². The maximum Gasteiger partial charge on any atom is 0.267 e. The summed E-state index contributed by atoms with van der Waals surface area (Å²) in [5, 5.41) is 8.66. The summed E-state index contributed by atoms with van der Waals surface area (Å²) in [4.78, 5) is 19.4. The van der Waals surface area contributed by atoms with Crippen molar-refractivity contribution in [3.63, 3.8) is 0 Å². The monoisotopic (exact) mass is 364 g/mol. The quantitative estimate of drug-likeness (QED) is 0.819. The molecule has 0 saturated carbocycles. The molecule has 1 aromatic heterocycles. The SMILES string of the molecule is CCn1ncc(Cl)c1CN(C)C(=O)C1CC(c2ccc(F)cc2)=NO1. The zero-order valence-corrected chi connectivity index (χ0v) is 14.7. The number of rotatable bonds is 5. The molecule has 1 amide bonds. The van der Waals surface area contributed by atoms with E-state index < -0.39 is 6.10 Å². The van der Waals surface area contributed by atoms with Gasteiger partial charge in [0.1, 0.15) is 5.82 Å². The average molecular weight is 365 g/mol. The van der Waals surface area contributed by atoms with Crippen molar-refractivity contribution in [1.29, 1.82) is 0 Å². The van der Waals surface area contributed by atoms with Gasteiger partial charge in [-0.25, -0.2) is 4.39 Å². The number of benzene rings is 1. The zero-order chi connectivity index (χ0) is 18.0. The molecule has 8 heteroatoms. The van der Waals surface area contributed by atoms with Crippen LogP contribution >= 0.6 is 11.6 Å². The third-order valence-corrected chi connectivity index (χ3v) is 4.40. The predicted octanol–water partition coefficient (Wildman–Crippen LogP) is 2.85. The second-order valence-electron chi connectivity index (χ2n) is 5.79. The van der Waals surface area contributed by atoms with Crippen molar-refractivity contribution in [2.75, 3.05) is 7.05 Å². The average Bonchev–Trinajstić information content (AvgIpc) is 3.23. The lowest BCUT2D eigenvalue weighted by Gasteiger charge is -2.20. The molecule has 2 aromatic rings. The molecule has 2 heterocycles. The van der Waals surface area contributed by atoms with Gasteiger partial charge in [0, 0.05) is 20.0 Å². The first-order chi connectivity index (χ1) is 12.0. The van der Waals surface area contributed by atoms with Crippen molar-refractivity contribution >= 4 is 23.2 Å². The van der Waals surface area contributed by atoms with E-state index in [9.17, 15) is 9.18 Å². The van der Waals surface area contributed by atoms with Gasteiger partial charge in [0.25, 0.3) is 5.91 Å². The van der Waals surface area contributed by atoms with Gasteiger partial charge >= 0.3 is 0 Å². The van der Waals surface area contributed by atoms with Crippen LogP contribution in [0.2, 0.25) is 5.02 Å². The molecule has 25 heavy (non-hydrogen) atoms. The second kappa shape index (κ2) is 7.23. The Balaban J connectivity index is 1.64. The minimum absolute atomic E-state index is 0.194. The Morgan fingerprint density at radius 2 is 2.16 bits per heavy atom. The molecule has 1 aromatic carbocycles. The number of likely N-dealkylation sites (N-methyl/N-ethyl adjacent to an activating group) is 1. The number of amides is 1. The van der Waals surface area contributed by atoms with E-state index in [2.05, 4.69) is 10.3 Å². The fraction of sp³-hybridized carbons (Fsp3) is 0.353. The highest BCUT2D eigenvalue weighted by Gasteiger charge is 2.31. The summed E-state index contributed by atoms with van der Waals surface area (Å²) in [6.07, 6.45) is 1.22. The maximum absolute atomic E-state index is 13.0. The summed E-state index contributed by atoms with van der Waals surface area (Å²) in [6, 6.07) is 5.95. The van der Waals surface area contributed by atoms with Crippen LogP contribution in [-0.2, 0) is 22.7 Å². The van der Waals surface area contributed by atoms with E-state index in [4.69, 9.17) is 16.4 Å². The highest BCUT2D eigenvalue weighted by molar-refractivity contribution is 6.31. The summed E-state index contributed by atoms with van der Waals surface area (Å²) >= 11 is 6.14. The number of carbonyl (C=O) groups is 1. The smallest absolute Gasteiger partial charge is 0.267 e. The fourth-order valence-electron chi connectivity index (χ4n) is 2.69. The van der Waals surface area contributed by atoms with Crippen molar-refractivity contribution in [2.45, 2.75) is 32.5 Å². The van der Waals surface area contributed by atoms with Crippen LogP contribution < -0.4 is 0 Å². The summed E-state index contributed by atoms with van der Waals surface area (Å²) in [5.74, 6) is -0.513. The highest BCUT2D eigenvalue weighted by atomic mass is 35.5. The largest absolute Gasteiger partial charge is 0.382 e. The van der Waals surface area contributed by atoms with Gasteiger partial charge in [0.05, 0.1) is 29.2 Å². The van der Waals surface area contributed by atoms with E-state index in [-0.39, 0.29) is 11.7 Å². The van der Waals surface area contributed by atoms with Gasteiger partial charge in [0.15, 0.2) is 0 Å². The third kappa shape index (κ3) is 3.66. The molecule has 0 saturated heterocycles. The fourth-order valence-corrected chi connectivity index (χ4v) is 2.89. The van der Waals surface area contributed by atoms with Gasteiger partial charge in [-0.2, -0.15) is 5.10 Å². The maximum atomic E-state index is 13.0. The third-order valence-electron chi connectivity index (χ3n) is 4.08.